The van der Waals surface area contributed by atoms with E-state index in [1.54, 1.807) is 13.4 Å². The maximum atomic E-state index is 5.88. The quantitative estimate of drug-likeness (QED) is 0.758. The summed E-state index contributed by atoms with van der Waals surface area (Å²) in [5.74, 6) is 2.22. The van der Waals surface area contributed by atoms with Crippen molar-refractivity contribution in [3.8, 4) is 5.88 Å². The zero-order valence-electron chi connectivity index (χ0n) is 10.3. The number of ether oxygens (including phenoxy) is 1. The van der Waals surface area contributed by atoms with Gasteiger partial charge in [0.05, 0.1) is 12.7 Å². The highest BCUT2D eigenvalue weighted by Gasteiger charge is 2.27. The minimum absolute atomic E-state index is 0.576. The van der Waals surface area contributed by atoms with Crippen molar-refractivity contribution in [1.82, 2.24) is 9.97 Å². The van der Waals surface area contributed by atoms with Gasteiger partial charge in [0.2, 0.25) is 5.88 Å². The van der Waals surface area contributed by atoms with Crippen LogP contribution in [0.5, 0.6) is 5.88 Å². The van der Waals surface area contributed by atoms with Gasteiger partial charge in [-0.3, -0.25) is 0 Å². The number of methoxy groups -OCH3 is 1. The van der Waals surface area contributed by atoms with Crippen LogP contribution in [0.25, 0.3) is 0 Å². The molecule has 0 aromatic carbocycles. The number of halogens is 1. The third kappa shape index (κ3) is 2.46. The van der Waals surface area contributed by atoms with Gasteiger partial charge in [-0.1, -0.05) is 0 Å². The van der Waals surface area contributed by atoms with Gasteiger partial charge in [0, 0.05) is 18.5 Å². The molecule has 5 heteroatoms. The Morgan fingerprint density at radius 1 is 1.47 bits per heavy atom. The molecule has 0 amide bonds. The Balaban J connectivity index is 2.28. The Hall–Kier alpha value is -1.03. The summed E-state index contributed by atoms with van der Waals surface area (Å²) in [5.41, 5.74) is 0.993. The highest BCUT2D eigenvalue weighted by molar-refractivity contribution is 6.18. The number of alkyl halides is 1. The van der Waals surface area contributed by atoms with E-state index in [2.05, 4.69) is 14.9 Å². The molecule has 1 fully saturated rings. The second-order valence-corrected chi connectivity index (χ2v) is 4.68. The minimum atomic E-state index is 0.576. The highest BCUT2D eigenvalue weighted by Crippen LogP contribution is 2.32. The molecule has 1 aliphatic rings. The first kappa shape index (κ1) is 12.4. The second-order valence-electron chi connectivity index (χ2n) is 4.30. The van der Waals surface area contributed by atoms with Gasteiger partial charge in [-0.25, -0.2) is 9.97 Å². The lowest BCUT2D eigenvalue weighted by molar-refractivity contribution is 0.380. The van der Waals surface area contributed by atoms with Gasteiger partial charge < -0.3 is 9.64 Å². The van der Waals surface area contributed by atoms with Crippen LogP contribution in [0.1, 0.15) is 24.8 Å². The monoisotopic (exact) mass is 255 g/mol. The first-order chi connectivity index (χ1) is 8.27. The van der Waals surface area contributed by atoms with Crippen LogP contribution in [-0.4, -0.2) is 35.5 Å². The van der Waals surface area contributed by atoms with Gasteiger partial charge in [-0.15, -0.1) is 11.6 Å². The Bertz CT molecular complexity index is 382. The molecule has 1 aromatic rings. The summed E-state index contributed by atoms with van der Waals surface area (Å²) in [5, 5.41) is 0. The number of hydrogen-bond donors (Lipinski definition) is 0. The molecule has 0 unspecified atom stereocenters. The van der Waals surface area contributed by atoms with E-state index in [-0.39, 0.29) is 0 Å². The fraction of sp³-hybridized carbons (Fsp3) is 0.667. The summed E-state index contributed by atoms with van der Waals surface area (Å²) in [6.45, 7) is 2.82. The SMILES string of the molecule is COc1ncnc(N(CCCl)C2CCC2)c1C. The summed E-state index contributed by atoms with van der Waals surface area (Å²) in [4.78, 5) is 10.8. The van der Waals surface area contributed by atoms with E-state index in [0.717, 1.165) is 17.9 Å². The molecule has 0 atom stereocenters. The predicted molar refractivity (Wildman–Crippen MR) is 69.0 cm³/mol. The van der Waals surface area contributed by atoms with Crippen molar-refractivity contribution in [2.75, 3.05) is 24.4 Å². The first-order valence-electron chi connectivity index (χ1n) is 5.96. The first-order valence-corrected chi connectivity index (χ1v) is 6.49. The molecule has 0 bridgehead atoms. The van der Waals surface area contributed by atoms with Gasteiger partial charge in [-0.05, 0) is 26.2 Å². The number of aromatic nitrogens is 2. The summed E-state index contributed by atoms with van der Waals surface area (Å²) < 4.78 is 5.23. The number of hydrogen-bond acceptors (Lipinski definition) is 4. The molecular weight excluding hydrogens is 238 g/mol. The van der Waals surface area contributed by atoms with Gasteiger partial charge in [0.25, 0.3) is 0 Å². The van der Waals surface area contributed by atoms with Gasteiger partial charge in [0.1, 0.15) is 12.1 Å². The van der Waals surface area contributed by atoms with Crippen molar-refractivity contribution >= 4 is 17.4 Å². The molecule has 4 nitrogen and oxygen atoms in total. The maximum Gasteiger partial charge on any atom is 0.221 e. The topological polar surface area (TPSA) is 38.3 Å². The van der Waals surface area contributed by atoms with Crippen LogP contribution >= 0.6 is 11.6 Å². The third-order valence-corrected chi connectivity index (χ3v) is 3.49. The number of rotatable bonds is 5. The van der Waals surface area contributed by atoms with Gasteiger partial charge in [0.15, 0.2) is 0 Å². The molecule has 94 valence electrons. The largest absolute Gasteiger partial charge is 0.481 e. The molecule has 0 N–H and O–H groups in total. The average Bonchev–Trinajstić information content (AvgIpc) is 2.26. The fourth-order valence-corrected chi connectivity index (χ4v) is 2.35. The summed E-state index contributed by atoms with van der Waals surface area (Å²) in [7, 11) is 1.63. The maximum absolute atomic E-state index is 5.88. The molecule has 2 rings (SSSR count). The molecular formula is C12H18ClN3O. The van der Waals surface area contributed by atoms with E-state index >= 15 is 0 Å². The van der Waals surface area contributed by atoms with Crippen LogP contribution < -0.4 is 9.64 Å². The van der Waals surface area contributed by atoms with E-state index in [1.165, 1.54) is 19.3 Å². The standard InChI is InChI=1S/C12H18ClN3O/c1-9-11(14-8-15-12(9)17-2)16(7-6-13)10-4-3-5-10/h8,10H,3-7H2,1-2H3. The molecule has 1 aromatic heterocycles. The van der Waals surface area contributed by atoms with E-state index in [0.29, 0.717) is 17.8 Å². The molecule has 0 radical (unpaired) electrons. The van der Waals surface area contributed by atoms with E-state index in [9.17, 15) is 0 Å². The lowest BCUT2D eigenvalue weighted by Crippen LogP contribution is -2.42. The van der Waals surface area contributed by atoms with Crippen molar-refractivity contribution in [2.45, 2.75) is 32.2 Å². The molecule has 1 saturated carbocycles. The van der Waals surface area contributed by atoms with E-state index < -0.39 is 0 Å². The predicted octanol–water partition coefficient (Wildman–Crippen LogP) is 2.39. The van der Waals surface area contributed by atoms with Crippen LogP contribution in [0.2, 0.25) is 0 Å². The Morgan fingerprint density at radius 2 is 2.24 bits per heavy atom. The van der Waals surface area contributed by atoms with E-state index in [1.807, 2.05) is 6.92 Å². The van der Waals surface area contributed by atoms with Gasteiger partial charge >= 0.3 is 0 Å². The normalized spacial score (nSPS) is 15.5. The van der Waals surface area contributed by atoms with Crippen molar-refractivity contribution in [2.24, 2.45) is 0 Å². The molecule has 1 aliphatic carbocycles. The Morgan fingerprint density at radius 3 is 2.76 bits per heavy atom. The van der Waals surface area contributed by atoms with Crippen molar-refractivity contribution < 1.29 is 4.74 Å². The molecule has 0 saturated heterocycles. The van der Waals surface area contributed by atoms with Crippen molar-refractivity contribution in [3.63, 3.8) is 0 Å². The smallest absolute Gasteiger partial charge is 0.221 e. The molecule has 1 heterocycles. The lowest BCUT2D eigenvalue weighted by Gasteiger charge is -2.38. The second kappa shape index (κ2) is 5.54. The zero-order chi connectivity index (χ0) is 12.3. The molecule has 17 heavy (non-hydrogen) atoms. The summed E-state index contributed by atoms with van der Waals surface area (Å²) in [6, 6.07) is 0.576. The fourth-order valence-electron chi connectivity index (χ4n) is 2.17. The van der Waals surface area contributed by atoms with Crippen molar-refractivity contribution in [3.05, 3.63) is 11.9 Å². The summed E-state index contributed by atoms with van der Waals surface area (Å²) >= 11 is 5.88. The minimum Gasteiger partial charge on any atom is -0.481 e. The average molecular weight is 256 g/mol. The highest BCUT2D eigenvalue weighted by atomic mass is 35.5. The molecule has 0 spiro atoms. The van der Waals surface area contributed by atoms with Gasteiger partial charge in [-0.2, -0.15) is 0 Å². The number of nitrogens with zero attached hydrogens (tertiary/aromatic N) is 3. The zero-order valence-corrected chi connectivity index (χ0v) is 11.1. The van der Waals surface area contributed by atoms with Crippen molar-refractivity contribution in [1.29, 1.82) is 0 Å². The van der Waals surface area contributed by atoms with E-state index in [4.69, 9.17) is 16.3 Å². The Labute approximate surface area is 107 Å². The van der Waals surface area contributed by atoms with Crippen LogP contribution in [0.4, 0.5) is 5.82 Å². The van der Waals surface area contributed by atoms with Crippen LogP contribution in [-0.2, 0) is 0 Å². The summed E-state index contributed by atoms with van der Waals surface area (Å²) in [6.07, 6.45) is 5.30. The lowest BCUT2D eigenvalue weighted by atomic mass is 9.91. The van der Waals surface area contributed by atoms with Crippen LogP contribution in [0.15, 0.2) is 6.33 Å². The van der Waals surface area contributed by atoms with Crippen LogP contribution in [0, 0.1) is 6.92 Å². The third-order valence-electron chi connectivity index (χ3n) is 3.32. The van der Waals surface area contributed by atoms with Crippen LogP contribution in [0.3, 0.4) is 0 Å². The molecule has 0 aliphatic heterocycles. The number of anilines is 1. The Kier molecular flexibility index (Phi) is 4.05.